The quantitative estimate of drug-likeness (QED) is 0.512. The predicted molar refractivity (Wildman–Crippen MR) is 107 cm³/mol. The van der Waals surface area contributed by atoms with Crippen LogP contribution in [-0.4, -0.2) is 23.9 Å². The van der Waals surface area contributed by atoms with Gasteiger partial charge in [0.15, 0.2) is 6.10 Å². The minimum Gasteiger partial charge on any atom is -0.464 e. The molecule has 0 saturated carbocycles. The Morgan fingerprint density at radius 2 is 1.72 bits per heavy atom. The Kier molecular flexibility index (Phi) is 5.97. The van der Waals surface area contributed by atoms with Crippen molar-refractivity contribution in [2.75, 3.05) is 0 Å². The van der Waals surface area contributed by atoms with Gasteiger partial charge < -0.3 is 9.15 Å². The van der Waals surface area contributed by atoms with Crippen molar-refractivity contribution in [1.29, 1.82) is 0 Å². The number of benzene rings is 2. The molecule has 150 valence electrons. The van der Waals surface area contributed by atoms with Crippen molar-refractivity contribution in [3.63, 3.8) is 0 Å². The van der Waals surface area contributed by atoms with Gasteiger partial charge in [0.25, 0.3) is 11.8 Å². The number of carbonyl (C=O) groups excluding carboxylic acids is 3. The molecule has 0 radical (unpaired) electrons. The molecule has 1 atom stereocenters. The zero-order valence-electron chi connectivity index (χ0n) is 16.4. The van der Waals surface area contributed by atoms with E-state index in [0.29, 0.717) is 16.7 Å². The maximum Gasteiger partial charge on any atom is 0.311 e. The summed E-state index contributed by atoms with van der Waals surface area (Å²) in [6.07, 6.45) is 0.430. The van der Waals surface area contributed by atoms with Gasteiger partial charge >= 0.3 is 5.97 Å². The zero-order chi connectivity index (χ0) is 21.0. The van der Waals surface area contributed by atoms with Gasteiger partial charge in [-0.05, 0) is 56.2 Å². The molecule has 0 spiro atoms. The van der Waals surface area contributed by atoms with E-state index in [1.54, 1.807) is 30.3 Å². The molecule has 0 aliphatic heterocycles. The van der Waals surface area contributed by atoms with Crippen LogP contribution in [0.25, 0.3) is 11.0 Å². The third kappa shape index (κ3) is 4.82. The molecule has 0 fully saturated rings. The standard InChI is InChI=1S/C22H22N2O5/c1-13-9-18-17(12-28-19(18)10-14(13)2)11-20(25)29-15(3)21(26)23-24-22(27)16-7-5-4-6-8-16/h4-10,12,15H,11H2,1-3H3,(H,23,26)(H,24,27)/t15-/m1/s1. The van der Waals surface area contributed by atoms with Crippen molar-refractivity contribution in [2.24, 2.45) is 0 Å². The van der Waals surface area contributed by atoms with E-state index in [1.807, 2.05) is 26.0 Å². The molecule has 0 bridgehead atoms. The van der Waals surface area contributed by atoms with Crippen LogP contribution in [0.2, 0.25) is 0 Å². The topological polar surface area (TPSA) is 97.6 Å². The number of furan rings is 1. The lowest BCUT2D eigenvalue weighted by Crippen LogP contribution is -2.46. The molecule has 0 saturated heterocycles. The van der Waals surface area contributed by atoms with Crippen molar-refractivity contribution in [3.05, 3.63) is 71.0 Å². The molecule has 0 unspecified atom stereocenters. The average Bonchev–Trinajstić information content (AvgIpc) is 3.08. The molecule has 2 amide bonds. The number of hydrogen-bond acceptors (Lipinski definition) is 5. The smallest absolute Gasteiger partial charge is 0.311 e. The normalized spacial score (nSPS) is 11.7. The molecule has 1 heterocycles. The first kappa shape index (κ1) is 20.1. The second kappa shape index (κ2) is 8.60. The molecule has 0 aliphatic carbocycles. The van der Waals surface area contributed by atoms with Gasteiger partial charge in [0.1, 0.15) is 5.58 Å². The number of hydrazine groups is 1. The van der Waals surface area contributed by atoms with Gasteiger partial charge in [-0.1, -0.05) is 18.2 Å². The molecule has 7 heteroatoms. The van der Waals surface area contributed by atoms with E-state index in [-0.39, 0.29) is 6.42 Å². The summed E-state index contributed by atoms with van der Waals surface area (Å²) in [5.74, 6) is -1.66. The van der Waals surface area contributed by atoms with Crippen LogP contribution in [0.1, 0.15) is 34.0 Å². The highest BCUT2D eigenvalue weighted by molar-refractivity contribution is 5.96. The highest BCUT2D eigenvalue weighted by Crippen LogP contribution is 2.25. The van der Waals surface area contributed by atoms with Crippen LogP contribution in [0.15, 0.2) is 53.1 Å². The van der Waals surface area contributed by atoms with Gasteiger partial charge in [-0.25, -0.2) is 0 Å². The number of ether oxygens (including phenoxy) is 1. The number of rotatable bonds is 5. The summed E-state index contributed by atoms with van der Waals surface area (Å²) < 4.78 is 10.7. The summed E-state index contributed by atoms with van der Waals surface area (Å²) >= 11 is 0. The lowest BCUT2D eigenvalue weighted by atomic mass is 10.0. The molecular weight excluding hydrogens is 372 g/mol. The van der Waals surface area contributed by atoms with E-state index in [2.05, 4.69) is 10.9 Å². The fourth-order valence-corrected chi connectivity index (χ4v) is 2.80. The minimum absolute atomic E-state index is 0.0243. The Morgan fingerprint density at radius 1 is 1.03 bits per heavy atom. The number of amides is 2. The molecule has 3 rings (SSSR count). The van der Waals surface area contributed by atoms with Gasteiger partial charge in [-0.2, -0.15) is 0 Å². The monoisotopic (exact) mass is 394 g/mol. The van der Waals surface area contributed by atoms with Crippen molar-refractivity contribution in [3.8, 4) is 0 Å². The molecule has 1 aromatic heterocycles. The van der Waals surface area contributed by atoms with Crippen LogP contribution in [0.3, 0.4) is 0 Å². The van der Waals surface area contributed by atoms with Crippen LogP contribution in [0, 0.1) is 13.8 Å². The Morgan fingerprint density at radius 3 is 2.45 bits per heavy atom. The van der Waals surface area contributed by atoms with Gasteiger partial charge in [-0.3, -0.25) is 25.2 Å². The van der Waals surface area contributed by atoms with Gasteiger partial charge in [0.2, 0.25) is 0 Å². The van der Waals surface area contributed by atoms with Crippen LogP contribution in [-0.2, 0) is 20.7 Å². The van der Waals surface area contributed by atoms with E-state index >= 15 is 0 Å². The van der Waals surface area contributed by atoms with Gasteiger partial charge in [0.05, 0.1) is 12.7 Å². The van der Waals surface area contributed by atoms with Crippen LogP contribution < -0.4 is 10.9 Å². The van der Waals surface area contributed by atoms with Gasteiger partial charge in [0, 0.05) is 16.5 Å². The number of nitrogens with one attached hydrogen (secondary N) is 2. The Labute approximate surface area is 168 Å². The third-order valence-corrected chi connectivity index (χ3v) is 4.62. The molecule has 2 N–H and O–H groups in total. The first-order valence-corrected chi connectivity index (χ1v) is 9.17. The second-order valence-corrected chi connectivity index (χ2v) is 6.81. The SMILES string of the molecule is Cc1cc2occ(CC(=O)O[C@H](C)C(=O)NNC(=O)c3ccccc3)c2cc1C. The van der Waals surface area contributed by atoms with E-state index in [0.717, 1.165) is 16.5 Å². The Balaban J connectivity index is 1.54. The predicted octanol–water partition coefficient (Wildman–Crippen LogP) is 2.99. The molecule has 2 aromatic carbocycles. The maximum absolute atomic E-state index is 12.2. The first-order chi connectivity index (χ1) is 13.8. The largest absolute Gasteiger partial charge is 0.464 e. The fraction of sp³-hybridized carbons (Fsp3) is 0.227. The van der Waals surface area contributed by atoms with Crippen molar-refractivity contribution < 1.29 is 23.5 Å². The third-order valence-electron chi connectivity index (χ3n) is 4.62. The molecule has 7 nitrogen and oxygen atoms in total. The summed E-state index contributed by atoms with van der Waals surface area (Å²) in [7, 11) is 0. The van der Waals surface area contributed by atoms with E-state index in [4.69, 9.17) is 9.15 Å². The minimum atomic E-state index is -1.07. The summed E-state index contributed by atoms with van der Waals surface area (Å²) in [5.41, 5.74) is 8.53. The fourth-order valence-electron chi connectivity index (χ4n) is 2.80. The summed E-state index contributed by atoms with van der Waals surface area (Å²) in [4.78, 5) is 36.3. The summed E-state index contributed by atoms with van der Waals surface area (Å²) in [5, 5.41) is 0.845. The maximum atomic E-state index is 12.2. The zero-order valence-corrected chi connectivity index (χ0v) is 16.4. The number of hydrogen-bond donors (Lipinski definition) is 2. The highest BCUT2D eigenvalue weighted by Gasteiger charge is 2.20. The highest BCUT2D eigenvalue weighted by atomic mass is 16.5. The molecule has 29 heavy (non-hydrogen) atoms. The van der Waals surface area contributed by atoms with Crippen molar-refractivity contribution >= 4 is 28.8 Å². The summed E-state index contributed by atoms with van der Waals surface area (Å²) in [6.45, 7) is 5.41. The van der Waals surface area contributed by atoms with Crippen molar-refractivity contribution in [2.45, 2.75) is 33.3 Å². The lowest BCUT2D eigenvalue weighted by Gasteiger charge is -2.14. The van der Waals surface area contributed by atoms with Crippen molar-refractivity contribution in [1.82, 2.24) is 10.9 Å². The van der Waals surface area contributed by atoms with Crippen LogP contribution in [0.4, 0.5) is 0 Å². The molecular formula is C22H22N2O5. The van der Waals surface area contributed by atoms with E-state index < -0.39 is 23.9 Å². The summed E-state index contributed by atoms with van der Waals surface area (Å²) in [6, 6.07) is 12.3. The van der Waals surface area contributed by atoms with Crippen LogP contribution in [0.5, 0.6) is 0 Å². The first-order valence-electron chi connectivity index (χ1n) is 9.17. The molecule has 0 aliphatic rings. The second-order valence-electron chi connectivity index (χ2n) is 6.81. The average molecular weight is 394 g/mol. The number of carbonyl (C=O) groups is 3. The number of esters is 1. The number of aryl methyl sites for hydroxylation is 2. The number of fused-ring (bicyclic) bond motifs is 1. The Hall–Kier alpha value is -3.61. The lowest BCUT2D eigenvalue weighted by molar-refractivity contribution is -0.154. The molecule has 3 aromatic rings. The Bertz CT molecular complexity index is 1060. The van der Waals surface area contributed by atoms with E-state index in [9.17, 15) is 14.4 Å². The van der Waals surface area contributed by atoms with Gasteiger partial charge in [-0.15, -0.1) is 0 Å². The van der Waals surface area contributed by atoms with E-state index in [1.165, 1.54) is 13.2 Å². The van der Waals surface area contributed by atoms with Crippen LogP contribution >= 0.6 is 0 Å².